The molecule has 2 aromatic carbocycles. The average Bonchev–Trinajstić information content (AvgIpc) is 3.26. The largest absolute Gasteiger partial charge is 0.486 e. The van der Waals surface area contributed by atoms with E-state index in [2.05, 4.69) is 10.0 Å². The molecule has 0 aliphatic carbocycles. The zero-order chi connectivity index (χ0) is 20.3. The highest BCUT2D eigenvalue weighted by Crippen LogP contribution is 2.32. The number of carbonyl (C=O) groups excluding carboxylic acids is 1. The first-order valence-electron chi connectivity index (χ1n) is 9.44. The minimum Gasteiger partial charge on any atom is -0.486 e. The molecule has 2 heterocycles. The van der Waals surface area contributed by atoms with E-state index >= 15 is 0 Å². The lowest BCUT2D eigenvalue weighted by Crippen LogP contribution is -2.31. The number of amides is 1. The van der Waals surface area contributed by atoms with Crippen LogP contribution >= 0.6 is 0 Å². The van der Waals surface area contributed by atoms with Gasteiger partial charge >= 0.3 is 0 Å². The molecule has 0 aromatic heterocycles. The van der Waals surface area contributed by atoms with E-state index in [-0.39, 0.29) is 23.5 Å². The third-order valence-corrected chi connectivity index (χ3v) is 6.19. The predicted molar refractivity (Wildman–Crippen MR) is 106 cm³/mol. The molecule has 2 aromatic rings. The van der Waals surface area contributed by atoms with Gasteiger partial charge < -0.3 is 19.5 Å². The molecule has 29 heavy (non-hydrogen) atoms. The van der Waals surface area contributed by atoms with Crippen LogP contribution in [-0.4, -0.2) is 46.8 Å². The van der Waals surface area contributed by atoms with Crippen molar-refractivity contribution in [2.24, 2.45) is 0 Å². The van der Waals surface area contributed by atoms with Gasteiger partial charge in [0.05, 0.1) is 11.0 Å². The van der Waals surface area contributed by atoms with Gasteiger partial charge in [0.15, 0.2) is 11.5 Å². The summed E-state index contributed by atoms with van der Waals surface area (Å²) >= 11 is 0. The summed E-state index contributed by atoms with van der Waals surface area (Å²) in [5.41, 5.74) is 0.909. The lowest BCUT2D eigenvalue weighted by Gasteiger charge is -2.19. The average molecular weight is 418 g/mol. The van der Waals surface area contributed by atoms with Crippen molar-refractivity contribution in [3.05, 3.63) is 48.0 Å². The van der Waals surface area contributed by atoms with Gasteiger partial charge in [-0.05, 0) is 49.2 Å². The van der Waals surface area contributed by atoms with E-state index in [0.717, 1.165) is 12.8 Å². The lowest BCUT2D eigenvalue weighted by atomic mass is 10.2. The molecule has 1 atom stereocenters. The second-order valence-electron chi connectivity index (χ2n) is 6.82. The Labute approximate surface area is 169 Å². The molecular formula is C20H22N2O6S. The first kappa shape index (κ1) is 19.7. The van der Waals surface area contributed by atoms with E-state index in [1.807, 2.05) is 0 Å². The Bertz CT molecular complexity index is 985. The maximum absolute atomic E-state index is 12.5. The number of rotatable bonds is 6. The summed E-state index contributed by atoms with van der Waals surface area (Å²) < 4.78 is 43.8. The van der Waals surface area contributed by atoms with Crippen LogP contribution in [0.25, 0.3) is 0 Å². The second kappa shape index (κ2) is 8.40. The van der Waals surface area contributed by atoms with E-state index in [9.17, 15) is 13.2 Å². The lowest BCUT2D eigenvalue weighted by molar-refractivity contribution is 0.102. The highest BCUT2D eigenvalue weighted by atomic mass is 32.2. The van der Waals surface area contributed by atoms with Crippen molar-refractivity contribution in [2.75, 3.05) is 31.7 Å². The number of hydrogen-bond acceptors (Lipinski definition) is 6. The Kier molecular flexibility index (Phi) is 5.70. The molecule has 0 radical (unpaired) electrons. The predicted octanol–water partition coefficient (Wildman–Crippen LogP) is 2.17. The fourth-order valence-electron chi connectivity index (χ4n) is 3.20. The Morgan fingerprint density at radius 1 is 1.00 bits per heavy atom. The van der Waals surface area contributed by atoms with Gasteiger partial charge in [-0.3, -0.25) is 4.79 Å². The number of nitrogens with one attached hydrogen (secondary N) is 2. The maximum Gasteiger partial charge on any atom is 0.255 e. The number of benzene rings is 2. The van der Waals surface area contributed by atoms with Crippen LogP contribution in [0.5, 0.6) is 11.5 Å². The quantitative estimate of drug-likeness (QED) is 0.745. The van der Waals surface area contributed by atoms with Gasteiger partial charge in [0, 0.05) is 30.5 Å². The Morgan fingerprint density at radius 2 is 1.76 bits per heavy atom. The van der Waals surface area contributed by atoms with E-state index in [1.165, 1.54) is 24.3 Å². The maximum atomic E-state index is 12.5. The van der Waals surface area contributed by atoms with Crippen LogP contribution in [-0.2, 0) is 14.8 Å². The number of carbonyl (C=O) groups is 1. The normalized spacial score (nSPS) is 18.4. The molecule has 0 unspecified atom stereocenters. The van der Waals surface area contributed by atoms with Crippen molar-refractivity contribution in [3.8, 4) is 11.5 Å². The fourth-order valence-corrected chi connectivity index (χ4v) is 4.27. The van der Waals surface area contributed by atoms with Crippen molar-refractivity contribution >= 4 is 21.6 Å². The van der Waals surface area contributed by atoms with Crippen LogP contribution in [0.1, 0.15) is 23.2 Å². The van der Waals surface area contributed by atoms with Crippen molar-refractivity contribution in [2.45, 2.75) is 23.8 Å². The molecule has 8 nitrogen and oxygen atoms in total. The first-order chi connectivity index (χ1) is 14.0. The molecule has 1 amide bonds. The molecule has 4 rings (SSSR count). The zero-order valence-electron chi connectivity index (χ0n) is 15.7. The molecule has 9 heteroatoms. The summed E-state index contributed by atoms with van der Waals surface area (Å²) in [6.07, 6.45) is 1.71. The SMILES string of the molecule is O=C(Nc1ccc2c(c1)OCCO2)c1ccc(S(=O)(=O)NC[C@H]2CCCO2)cc1. The smallest absolute Gasteiger partial charge is 0.255 e. The molecule has 2 N–H and O–H groups in total. The van der Waals surface area contributed by atoms with Gasteiger partial charge in [-0.1, -0.05) is 0 Å². The summed E-state index contributed by atoms with van der Waals surface area (Å²) in [6, 6.07) is 10.9. The van der Waals surface area contributed by atoms with Crippen molar-refractivity contribution in [1.82, 2.24) is 4.72 Å². The summed E-state index contributed by atoms with van der Waals surface area (Å²) in [4.78, 5) is 12.6. The summed E-state index contributed by atoms with van der Waals surface area (Å²) in [6.45, 7) is 1.87. The molecule has 0 bridgehead atoms. The Balaban J connectivity index is 1.39. The number of hydrogen-bond donors (Lipinski definition) is 2. The minimum absolute atomic E-state index is 0.0826. The summed E-state index contributed by atoms with van der Waals surface area (Å²) in [5.74, 6) is 0.866. The van der Waals surface area contributed by atoms with Crippen LogP contribution < -0.4 is 19.5 Å². The number of sulfonamides is 1. The van der Waals surface area contributed by atoms with E-state index in [1.54, 1.807) is 18.2 Å². The van der Waals surface area contributed by atoms with E-state index in [0.29, 0.717) is 42.6 Å². The van der Waals surface area contributed by atoms with Crippen molar-refractivity contribution < 1.29 is 27.4 Å². The summed E-state index contributed by atoms with van der Waals surface area (Å²) in [5, 5.41) is 2.77. The van der Waals surface area contributed by atoms with Crippen molar-refractivity contribution in [3.63, 3.8) is 0 Å². The highest BCUT2D eigenvalue weighted by Gasteiger charge is 2.20. The monoisotopic (exact) mass is 418 g/mol. The molecule has 2 aliphatic heterocycles. The Morgan fingerprint density at radius 3 is 2.48 bits per heavy atom. The third-order valence-electron chi connectivity index (χ3n) is 4.75. The standard InChI is InChI=1S/C20H22N2O6S/c23-20(22-15-5-8-18-19(12-15)28-11-10-27-18)14-3-6-17(7-4-14)29(24,25)21-13-16-2-1-9-26-16/h3-8,12,16,21H,1-2,9-11,13H2,(H,22,23)/t16-/m1/s1. The second-order valence-corrected chi connectivity index (χ2v) is 8.59. The van der Waals surface area contributed by atoms with Gasteiger partial charge in [-0.25, -0.2) is 13.1 Å². The molecule has 1 fully saturated rings. The van der Waals surface area contributed by atoms with Gasteiger partial charge in [0.2, 0.25) is 10.0 Å². The number of ether oxygens (including phenoxy) is 3. The van der Waals surface area contributed by atoms with Crippen LogP contribution in [0.15, 0.2) is 47.4 Å². The molecule has 154 valence electrons. The topological polar surface area (TPSA) is 103 Å². The Hall–Kier alpha value is -2.62. The third kappa shape index (κ3) is 4.69. The summed E-state index contributed by atoms with van der Waals surface area (Å²) in [7, 11) is -3.65. The number of anilines is 1. The van der Waals surface area contributed by atoms with Crippen molar-refractivity contribution in [1.29, 1.82) is 0 Å². The first-order valence-corrected chi connectivity index (χ1v) is 10.9. The van der Waals surface area contributed by atoms with E-state index < -0.39 is 10.0 Å². The van der Waals surface area contributed by atoms with E-state index in [4.69, 9.17) is 14.2 Å². The molecule has 0 spiro atoms. The number of fused-ring (bicyclic) bond motifs is 1. The van der Waals surface area contributed by atoms with Crippen LogP contribution in [0.2, 0.25) is 0 Å². The molecule has 2 aliphatic rings. The van der Waals surface area contributed by atoms with Crippen LogP contribution in [0, 0.1) is 0 Å². The molecular weight excluding hydrogens is 396 g/mol. The fraction of sp³-hybridized carbons (Fsp3) is 0.350. The van der Waals surface area contributed by atoms with Crippen LogP contribution in [0.3, 0.4) is 0 Å². The van der Waals surface area contributed by atoms with Crippen LogP contribution in [0.4, 0.5) is 5.69 Å². The molecule has 1 saturated heterocycles. The highest BCUT2D eigenvalue weighted by molar-refractivity contribution is 7.89. The minimum atomic E-state index is -3.65. The van der Waals surface area contributed by atoms with Gasteiger partial charge in [0.25, 0.3) is 5.91 Å². The van der Waals surface area contributed by atoms with Gasteiger partial charge in [0.1, 0.15) is 13.2 Å². The zero-order valence-corrected chi connectivity index (χ0v) is 16.5. The molecule has 0 saturated carbocycles. The van der Waals surface area contributed by atoms with Gasteiger partial charge in [-0.15, -0.1) is 0 Å². The van der Waals surface area contributed by atoms with Gasteiger partial charge in [-0.2, -0.15) is 0 Å².